The molecule has 8 heteroatoms. The van der Waals surface area contributed by atoms with Crippen LogP contribution >= 0.6 is 0 Å². The van der Waals surface area contributed by atoms with Gasteiger partial charge in [-0.15, -0.1) is 0 Å². The predicted molar refractivity (Wildman–Crippen MR) is 88.8 cm³/mol. The molecule has 0 radical (unpaired) electrons. The molecule has 0 aromatic carbocycles. The van der Waals surface area contributed by atoms with Gasteiger partial charge in [-0.05, 0) is 18.6 Å². The van der Waals surface area contributed by atoms with Crippen molar-refractivity contribution >= 4 is 11.8 Å². The summed E-state index contributed by atoms with van der Waals surface area (Å²) < 4.78 is 16.2. The summed E-state index contributed by atoms with van der Waals surface area (Å²) in [6, 6.07) is 5.51. The van der Waals surface area contributed by atoms with Crippen molar-refractivity contribution in [2.75, 3.05) is 38.2 Å². The summed E-state index contributed by atoms with van der Waals surface area (Å²) >= 11 is 0. The molecule has 2 aromatic heterocycles. The van der Waals surface area contributed by atoms with Gasteiger partial charge >= 0.3 is 0 Å². The van der Waals surface area contributed by atoms with Gasteiger partial charge < -0.3 is 23.4 Å². The molecule has 8 nitrogen and oxygen atoms in total. The van der Waals surface area contributed by atoms with Crippen molar-refractivity contribution in [3.8, 4) is 17.7 Å². The highest BCUT2D eigenvalue weighted by Gasteiger charge is 2.29. The minimum absolute atomic E-state index is 0.000925. The number of nitrogens with zero attached hydrogens (tertiary/aromatic N) is 4. The lowest BCUT2D eigenvalue weighted by atomic mass is 10.2. The first-order chi connectivity index (χ1) is 12.2. The molecule has 1 aliphatic rings. The summed E-state index contributed by atoms with van der Waals surface area (Å²) in [4.78, 5) is 20.3. The molecular formula is C17H20N4O4. The lowest BCUT2D eigenvalue weighted by Gasteiger charge is -2.35. The van der Waals surface area contributed by atoms with Gasteiger partial charge in [0.2, 0.25) is 11.6 Å². The minimum atomic E-state index is -0.406. The molecule has 1 aliphatic heterocycles. The van der Waals surface area contributed by atoms with Crippen LogP contribution in [0.5, 0.6) is 0 Å². The van der Waals surface area contributed by atoms with Gasteiger partial charge in [-0.2, -0.15) is 10.2 Å². The molecular weight excluding hydrogens is 324 g/mol. The van der Waals surface area contributed by atoms with E-state index >= 15 is 0 Å². The van der Waals surface area contributed by atoms with E-state index in [1.165, 1.54) is 6.26 Å². The fraction of sp³-hybridized carbons (Fsp3) is 0.471. The maximum atomic E-state index is 12.4. The Hall–Kier alpha value is -2.79. The third kappa shape index (κ3) is 3.37. The Kier molecular flexibility index (Phi) is 5.05. The van der Waals surface area contributed by atoms with Gasteiger partial charge in [-0.3, -0.25) is 4.79 Å². The van der Waals surface area contributed by atoms with Crippen LogP contribution in [0.15, 0.2) is 27.2 Å². The highest BCUT2D eigenvalue weighted by atomic mass is 16.5. The highest BCUT2D eigenvalue weighted by molar-refractivity contribution is 5.81. The number of carbonyl (C=O) groups is 1. The molecule has 0 spiro atoms. The highest BCUT2D eigenvalue weighted by Crippen LogP contribution is 2.29. The summed E-state index contributed by atoms with van der Waals surface area (Å²) in [5, 5.41) is 9.33. The molecule has 0 saturated carbocycles. The third-order valence-corrected chi connectivity index (χ3v) is 4.26. The second kappa shape index (κ2) is 7.40. The van der Waals surface area contributed by atoms with Crippen LogP contribution < -0.4 is 4.90 Å². The van der Waals surface area contributed by atoms with Crippen LogP contribution in [0.2, 0.25) is 0 Å². The van der Waals surface area contributed by atoms with Gasteiger partial charge in [0.1, 0.15) is 12.2 Å². The van der Waals surface area contributed by atoms with E-state index in [0.29, 0.717) is 44.2 Å². The monoisotopic (exact) mass is 344 g/mol. The van der Waals surface area contributed by atoms with Crippen LogP contribution in [0.1, 0.15) is 19.0 Å². The van der Waals surface area contributed by atoms with Crippen molar-refractivity contribution in [2.45, 2.75) is 19.4 Å². The van der Waals surface area contributed by atoms with Crippen molar-refractivity contribution in [1.29, 1.82) is 5.26 Å². The molecule has 0 unspecified atom stereocenters. The Bertz CT molecular complexity index is 750. The fourth-order valence-electron chi connectivity index (χ4n) is 2.88. The Morgan fingerprint density at radius 3 is 2.76 bits per heavy atom. The first-order valence-corrected chi connectivity index (χ1v) is 8.19. The van der Waals surface area contributed by atoms with Crippen molar-refractivity contribution in [1.82, 2.24) is 9.88 Å². The molecule has 3 heterocycles. The quantitative estimate of drug-likeness (QED) is 0.817. The average molecular weight is 344 g/mol. The van der Waals surface area contributed by atoms with Crippen molar-refractivity contribution in [3.05, 3.63) is 24.1 Å². The van der Waals surface area contributed by atoms with Crippen molar-refractivity contribution < 1.29 is 18.4 Å². The zero-order valence-electron chi connectivity index (χ0n) is 14.3. The molecule has 1 fully saturated rings. The summed E-state index contributed by atoms with van der Waals surface area (Å²) in [7, 11) is 1.55. The number of ether oxygens (including phenoxy) is 1. The van der Waals surface area contributed by atoms with Gasteiger partial charge in [-0.25, -0.2) is 0 Å². The van der Waals surface area contributed by atoms with Gasteiger partial charge in [0.25, 0.3) is 11.8 Å². The molecule has 132 valence electrons. The van der Waals surface area contributed by atoms with Gasteiger partial charge in [0.05, 0.1) is 6.26 Å². The number of hydrogen-bond acceptors (Lipinski definition) is 7. The average Bonchev–Trinajstić information content (AvgIpc) is 3.32. The molecule has 2 aromatic rings. The maximum absolute atomic E-state index is 12.4. The number of methoxy groups -OCH3 is 1. The predicted octanol–water partition coefficient (Wildman–Crippen LogP) is 1.88. The topological polar surface area (TPSA) is 95.7 Å². The van der Waals surface area contributed by atoms with Crippen LogP contribution in [-0.4, -0.2) is 55.2 Å². The lowest BCUT2D eigenvalue weighted by molar-refractivity contribution is -0.142. The van der Waals surface area contributed by atoms with Crippen LogP contribution in [0, 0.1) is 11.3 Å². The Morgan fingerprint density at radius 1 is 1.44 bits per heavy atom. The number of hydrogen-bond donors (Lipinski definition) is 0. The molecule has 1 saturated heterocycles. The van der Waals surface area contributed by atoms with Crippen LogP contribution in [0.3, 0.4) is 0 Å². The zero-order valence-corrected chi connectivity index (χ0v) is 14.3. The summed E-state index contributed by atoms with van der Waals surface area (Å²) in [5.41, 5.74) is 0.217. The van der Waals surface area contributed by atoms with Gasteiger partial charge in [0.15, 0.2) is 5.76 Å². The van der Waals surface area contributed by atoms with E-state index in [1.807, 2.05) is 11.8 Å². The lowest BCUT2D eigenvalue weighted by Crippen LogP contribution is -2.51. The molecule has 1 amide bonds. The molecule has 0 aliphatic carbocycles. The van der Waals surface area contributed by atoms with E-state index in [-0.39, 0.29) is 17.5 Å². The second-order valence-corrected chi connectivity index (χ2v) is 5.71. The van der Waals surface area contributed by atoms with Crippen LogP contribution in [0.25, 0.3) is 11.7 Å². The van der Waals surface area contributed by atoms with E-state index in [0.717, 1.165) is 0 Å². The van der Waals surface area contributed by atoms with Crippen molar-refractivity contribution in [3.63, 3.8) is 0 Å². The summed E-state index contributed by atoms with van der Waals surface area (Å²) in [6.45, 7) is 4.13. The number of furan rings is 1. The Labute approximate surface area is 145 Å². The molecule has 3 rings (SSSR count). The number of carbonyl (C=O) groups excluding carboxylic acids is 1. The largest absolute Gasteiger partial charge is 0.459 e. The SMILES string of the molecule is CC[C@H](OC)C(=O)N1CCN(c2oc(-c3ccco3)nc2C#N)CC1. The fourth-order valence-corrected chi connectivity index (χ4v) is 2.88. The number of piperazine rings is 1. The minimum Gasteiger partial charge on any atom is -0.459 e. The van der Waals surface area contributed by atoms with E-state index in [2.05, 4.69) is 11.1 Å². The third-order valence-electron chi connectivity index (χ3n) is 4.26. The normalized spacial score (nSPS) is 15.9. The Balaban J connectivity index is 1.71. The summed E-state index contributed by atoms with van der Waals surface area (Å²) in [5.74, 6) is 1.17. The second-order valence-electron chi connectivity index (χ2n) is 5.71. The Morgan fingerprint density at radius 2 is 2.20 bits per heavy atom. The number of amides is 1. The first-order valence-electron chi connectivity index (χ1n) is 8.19. The maximum Gasteiger partial charge on any atom is 0.266 e. The number of aromatic nitrogens is 1. The number of rotatable bonds is 5. The van der Waals surface area contributed by atoms with E-state index in [1.54, 1.807) is 24.1 Å². The molecule has 1 atom stereocenters. The van der Waals surface area contributed by atoms with Crippen molar-refractivity contribution in [2.24, 2.45) is 0 Å². The van der Waals surface area contributed by atoms with Gasteiger partial charge in [0, 0.05) is 33.3 Å². The van der Waals surface area contributed by atoms with Crippen LogP contribution in [-0.2, 0) is 9.53 Å². The number of anilines is 1. The van der Waals surface area contributed by atoms with Crippen LogP contribution in [0.4, 0.5) is 5.88 Å². The first kappa shape index (κ1) is 17.0. The molecule has 0 bridgehead atoms. The standard InChI is InChI=1S/C17H20N4O4/c1-3-13(23-2)16(22)20-6-8-21(9-7-20)17-12(11-18)19-15(25-17)14-5-4-10-24-14/h4-5,10,13H,3,6-9H2,1-2H3/t13-/m0/s1. The zero-order chi connectivity index (χ0) is 17.8. The number of oxazole rings is 1. The van der Waals surface area contributed by atoms with E-state index < -0.39 is 6.10 Å². The number of nitriles is 1. The smallest absolute Gasteiger partial charge is 0.266 e. The van der Waals surface area contributed by atoms with Gasteiger partial charge in [-0.1, -0.05) is 6.92 Å². The molecule has 25 heavy (non-hydrogen) atoms. The van der Waals surface area contributed by atoms with E-state index in [9.17, 15) is 10.1 Å². The molecule has 0 N–H and O–H groups in total. The summed E-state index contributed by atoms with van der Waals surface area (Å²) in [6.07, 6.45) is 1.76. The van der Waals surface area contributed by atoms with E-state index in [4.69, 9.17) is 13.6 Å².